The van der Waals surface area contributed by atoms with Crippen LogP contribution < -0.4 is 9.64 Å². The van der Waals surface area contributed by atoms with Gasteiger partial charge in [-0.2, -0.15) is 14.8 Å². The summed E-state index contributed by atoms with van der Waals surface area (Å²) in [7, 11) is 2.07. The number of anilines is 1. The zero-order valence-electron chi connectivity index (χ0n) is 21.7. The average molecular weight is 494 g/mol. The maximum absolute atomic E-state index is 10.8. The highest BCUT2D eigenvalue weighted by Crippen LogP contribution is 2.41. The number of piperidine rings is 1. The molecule has 6 nitrogen and oxygen atoms in total. The van der Waals surface area contributed by atoms with Crippen molar-refractivity contribution in [1.29, 1.82) is 0 Å². The van der Waals surface area contributed by atoms with Crippen LogP contribution in [0, 0.1) is 0 Å². The van der Waals surface area contributed by atoms with Gasteiger partial charge in [-0.15, -0.1) is 0 Å². The van der Waals surface area contributed by atoms with E-state index in [1.54, 1.807) is 0 Å². The van der Waals surface area contributed by atoms with E-state index in [9.17, 15) is 4.79 Å². The largest absolute Gasteiger partial charge is 0.429 e. The summed E-state index contributed by atoms with van der Waals surface area (Å²) < 4.78 is 7.26. The van der Waals surface area contributed by atoms with Gasteiger partial charge in [0.2, 0.25) is 5.69 Å². The van der Waals surface area contributed by atoms with Gasteiger partial charge in [-0.3, -0.25) is 4.79 Å². The van der Waals surface area contributed by atoms with Crippen LogP contribution in [0.1, 0.15) is 44.2 Å². The van der Waals surface area contributed by atoms with Gasteiger partial charge in [-0.05, 0) is 93.3 Å². The second-order valence-corrected chi connectivity index (χ2v) is 10.2. The summed E-state index contributed by atoms with van der Waals surface area (Å²) in [5.74, 6) is 0.558. The lowest BCUT2D eigenvalue weighted by Crippen LogP contribution is -2.29. The van der Waals surface area contributed by atoms with Gasteiger partial charge in [-0.25, -0.2) is 0 Å². The van der Waals surface area contributed by atoms with Crippen LogP contribution >= 0.6 is 0 Å². The molecule has 0 aliphatic carbocycles. The molecule has 0 radical (unpaired) electrons. The summed E-state index contributed by atoms with van der Waals surface area (Å²) in [6.07, 6.45) is 8.14. The number of azo groups is 1. The van der Waals surface area contributed by atoms with E-state index in [0.717, 1.165) is 41.3 Å². The Kier molecular flexibility index (Phi) is 6.99. The van der Waals surface area contributed by atoms with Crippen molar-refractivity contribution in [2.45, 2.75) is 38.5 Å². The van der Waals surface area contributed by atoms with Crippen LogP contribution in [0.4, 0.5) is 22.7 Å². The van der Waals surface area contributed by atoms with Gasteiger partial charge in [0.05, 0.1) is 16.8 Å². The quantitative estimate of drug-likeness (QED) is 0.196. The molecule has 0 N–H and O–H groups in total. The minimum atomic E-state index is -0.222. The lowest BCUT2D eigenvalue weighted by Gasteiger charge is -2.28. The van der Waals surface area contributed by atoms with Gasteiger partial charge in [0.25, 0.3) is 6.47 Å². The van der Waals surface area contributed by atoms with Crippen molar-refractivity contribution in [3.8, 4) is 5.75 Å². The second kappa shape index (κ2) is 10.5. The summed E-state index contributed by atoms with van der Waals surface area (Å²) in [4.78, 5) is 13.2. The number of fused-ring (bicyclic) bond motifs is 1. The van der Waals surface area contributed by atoms with Crippen LogP contribution in [0.15, 0.2) is 83.0 Å². The number of allylic oxidation sites excluding steroid dienone is 1. The molecule has 0 bridgehead atoms. The second-order valence-electron chi connectivity index (χ2n) is 10.2. The van der Waals surface area contributed by atoms with Crippen LogP contribution in [0.2, 0.25) is 0 Å². The molecule has 1 fully saturated rings. The van der Waals surface area contributed by atoms with Crippen LogP contribution in [0.5, 0.6) is 5.75 Å². The number of ether oxygens (including phenoxy) is 1. The normalized spacial score (nSPS) is 17.0. The summed E-state index contributed by atoms with van der Waals surface area (Å²) in [6, 6.07) is 22.2. The fraction of sp³-hybridized carbons (Fsp3) is 0.290. The molecule has 2 heterocycles. The van der Waals surface area contributed by atoms with Gasteiger partial charge in [-0.1, -0.05) is 12.1 Å². The molecule has 1 saturated heterocycles. The molecule has 5 rings (SSSR count). The van der Waals surface area contributed by atoms with E-state index < -0.39 is 0 Å². The predicted molar refractivity (Wildman–Crippen MR) is 149 cm³/mol. The fourth-order valence-corrected chi connectivity index (χ4v) is 5.27. The summed E-state index contributed by atoms with van der Waals surface area (Å²) in [6.45, 7) is 7.11. The van der Waals surface area contributed by atoms with Crippen molar-refractivity contribution in [3.63, 3.8) is 0 Å². The van der Waals surface area contributed by atoms with Crippen molar-refractivity contribution in [2.24, 2.45) is 10.2 Å². The Balaban J connectivity index is 1.25. The Morgan fingerprint density at radius 3 is 2.16 bits per heavy atom. The maximum Gasteiger partial charge on any atom is 0.298 e. The number of carbonyl (C=O) groups excluding carboxylic acids is 1. The Morgan fingerprint density at radius 2 is 1.51 bits per heavy atom. The van der Waals surface area contributed by atoms with Gasteiger partial charge < -0.3 is 9.64 Å². The molecule has 0 aromatic heterocycles. The lowest BCUT2D eigenvalue weighted by molar-refractivity contribution is -0.401. The Labute approximate surface area is 218 Å². The Morgan fingerprint density at radius 1 is 0.865 bits per heavy atom. The molecular formula is C31H33N4O2+. The minimum Gasteiger partial charge on any atom is -0.429 e. The number of carbonyl (C=O) groups is 1. The first kappa shape index (κ1) is 24.6. The highest BCUT2D eigenvalue weighted by Gasteiger charge is 2.43. The molecule has 0 amide bonds. The first-order valence-electron chi connectivity index (χ1n) is 12.9. The molecule has 6 heteroatoms. The van der Waals surface area contributed by atoms with Crippen LogP contribution in [-0.4, -0.2) is 36.9 Å². The Bertz CT molecular complexity index is 1360. The van der Waals surface area contributed by atoms with Crippen molar-refractivity contribution < 1.29 is 14.1 Å². The van der Waals surface area contributed by atoms with Crippen LogP contribution in [-0.2, 0) is 10.2 Å². The van der Waals surface area contributed by atoms with E-state index in [1.165, 1.54) is 30.7 Å². The van der Waals surface area contributed by atoms with Crippen molar-refractivity contribution >= 4 is 41.0 Å². The van der Waals surface area contributed by atoms with Crippen molar-refractivity contribution in [1.82, 2.24) is 0 Å². The summed E-state index contributed by atoms with van der Waals surface area (Å²) in [5, 5.41) is 8.84. The molecule has 3 aromatic carbocycles. The topological polar surface area (TPSA) is 57.3 Å². The third kappa shape index (κ3) is 5.24. The molecule has 0 atom stereocenters. The van der Waals surface area contributed by atoms with E-state index in [2.05, 4.69) is 77.0 Å². The van der Waals surface area contributed by atoms with Crippen LogP contribution in [0.25, 0.3) is 6.08 Å². The average Bonchev–Trinajstić information content (AvgIpc) is 3.12. The number of hydrogen-bond donors (Lipinski definition) is 0. The standard InChI is InChI=1S/C31H33N4O2/c1-31(2)28-21-27(37-22-36)16-17-29(28)34(3)30(31)18-9-23-7-10-24(11-8-23)32-33-25-12-14-26(15-13-25)35-19-5-4-6-20-35/h7-18,21-22H,4-6,19-20H2,1-3H3/q+1. The molecule has 37 heavy (non-hydrogen) atoms. The smallest absolute Gasteiger partial charge is 0.298 e. The monoisotopic (exact) mass is 493 g/mol. The highest BCUT2D eigenvalue weighted by atomic mass is 16.5. The van der Waals surface area contributed by atoms with Gasteiger partial charge >= 0.3 is 0 Å². The van der Waals surface area contributed by atoms with Gasteiger partial charge in [0, 0.05) is 36.5 Å². The van der Waals surface area contributed by atoms with Gasteiger partial charge in [0.15, 0.2) is 5.71 Å². The highest BCUT2D eigenvalue weighted by molar-refractivity contribution is 6.05. The number of benzene rings is 3. The molecular weight excluding hydrogens is 460 g/mol. The number of hydrogen-bond acceptors (Lipinski definition) is 5. The number of nitrogens with zero attached hydrogens (tertiary/aromatic N) is 4. The molecule has 0 spiro atoms. The molecule has 2 aliphatic rings. The minimum absolute atomic E-state index is 0.222. The fourth-order valence-electron chi connectivity index (χ4n) is 5.27. The third-order valence-corrected chi connectivity index (χ3v) is 7.37. The van der Waals surface area contributed by atoms with Crippen molar-refractivity contribution in [2.75, 3.05) is 25.0 Å². The zero-order chi connectivity index (χ0) is 25.8. The molecule has 0 saturated carbocycles. The zero-order valence-corrected chi connectivity index (χ0v) is 21.7. The van der Waals surface area contributed by atoms with E-state index in [0.29, 0.717) is 12.2 Å². The van der Waals surface area contributed by atoms with E-state index in [1.807, 2.05) is 42.5 Å². The first-order valence-corrected chi connectivity index (χ1v) is 12.9. The molecule has 0 unspecified atom stereocenters. The van der Waals surface area contributed by atoms with E-state index >= 15 is 0 Å². The van der Waals surface area contributed by atoms with E-state index in [-0.39, 0.29) is 5.41 Å². The maximum atomic E-state index is 10.8. The predicted octanol–water partition coefficient (Wildman–Crippen LogP) is 7.35. The number of rotatable bonds is 7. The lowest BCUT2D eigenvalue weighted by atomic mass is 9.81. The summed E-state index contributed by atoms with van der Waals surface area (Å²) >= 11 is 0. The van der Waals surface area contributed by atoms with Crippen LogP contribution in [0.3, 0.4) is 0 Å². The third-order valence-electron chi connectivity index (χ3n) is 7.37. The van der Waals surface area contributed by atoms with Gasteiger partial charge in [0.1, 0.15) is 12.8 Å². The van der Waals surface area contributed by atoms with E-state index in [4.69, 9.17) is 4.74 Å². The molecule has 3 aromatic rings. The first-order chi connectivity index (χ1) is 18.0. The Hall–Kier alpha value is -4.06. The SMILES string of the molecule is C[N+]1=C(C=Cc2ccc(N=Nc3ccc(N4CCCCC4)cc3)cc2)C(C)(C)c2cc(OC=O)ccc21. The molecule has 188 valence electrons. The summed E-state index contributed by atoms with van der Waals surface area (Å²) in [5.41, 5.74) is 7.22. The van der Waals surface area contributed by atoms with Crippen molar-refractivity contribution in [3.05, 3.63) is 83.9 Å². The molecule has 2 aliphatic heterocycles.